The summed E-state index contributed by atoms with van der Waals surface area (Å²) in [4.78, 5) is 49.1. The molecular weight excluding hydrogens is 721 g/mol. The second kappa shape index (κ2) is 15.4. The number of amides is 2. The van der Waals surface area contributed by atoms with E-state index in [0.29, 0.717) is 30.2 Å². The Morgan fingerprint density at radius 1 is 0.982 bits per heavy atom. The Labute approximate surface area is 323 Å². The topological polar surface area (TPSA) is 169 Å². The molecule has 4 bridgehead atoms. The Bertz CT molecular complexity index is 2160. The molecule has 2 aromatic carbocycles. The van der Waals surface area contributed by atoms with Crippen LogP contribution in [0.1, 0.15) is 81.6 Å². The number of hydrogen-bond acceptors (Lipinski definition) is 11. The van der Waals surface area contributed by atoms with Crippen LogP contribution >= 0.6 is 0 Å². The van der Waals surface area contributed by atoms with E-state index in [1.807, 2.05) is 52.8 Å². The summed E-state index contributed by atoms with van der Waals surface area (Å²) in [5.74, 6) is 0.244. The number of nitrogens with zero attached hydrogens (tertiary/aromatic N) is 6. The highest BCUT2D eigenvalue weighted by Gasteiger charge is 2.34. The molecular formula is C40H50N8O6S. The zero-order valence-electron chi connectivity index (χ0n) is 32.7. The van der Waals surface area contributed by atoms with Gasteiger partial charge in [-0.25, -0.2) is 27.9 Å². The molecule has 4 heterocycles. The van der Waals surface area contributed by atoms with Gasteiger partial charge in [-0.2, -0.15) is 4.98 Å². The molecule has 55 heavy (non-hydrogen) atoms. The van der Waals surface area contributed by atoms with E-state index in [0.717, 1.165) is 29.7 Å². The summed E-state index contributed by atoms with van der Waals surface area (Å²) in [6.45, 7) is 16.9. The lowest BCUT2D eigenvalue weighted by atomic mass is 9.87. The van der Waals surface area contributed by atoms with Gasteiger partial charge in [0, 0.05) is 36.3 Å². The fraction of sp³-hybridized carbons (Fsp3) is 0.450. The first-order chi connectivity index (χ1) is 25.8. The van der Waals surface area contributed by atoms with Gasteiger partial charge in [0.25, 0.3) is 15.9 Å². The molecule has 2 amide bonds. The van der Waals surface area contributed by atoms with Crippen LogP contribution in [0.3, 0.4) is 0 Å². The molecule has 1 saturated heterocycles. The average Bonchev–Trinajstić information content (AvgIpc) is 3.07. The van der Waals surface area contributed by atoms with Crippen LogP contribution in [0.5, 0.6) is 5.88 Å². The number of fused-ring (bicyclic) bond motifs is 4. The van der Waals surface area contributed by atoms with Crippen molar-refractivity contribution < 1.29 is 27.5 Å². The number of anilines is 2. The van der Waals surface area contributed by atoms with Gasteiger partial charge < -0.3 is 24.6 Å². The number of carbonyl (C=O) groups excluding carboxylic acids is 2. The number of hydrogen-bond donors (Lipinski definition) is 2. The van der Waals surface area contributed by atoms with Crippen LogP contribution in [0.4, 0.5) is 16.6 Å². The Hall–Kier alpha value is -5.31. The summed E-state index contributed by atoms with van der Waals surface area (Å²) in [7, 11) is -4.22. The van der Waals surface area contributed by atoms with Crippen LogP contribution in [0.2, 0.25) is 0 Å². The van der Waals surface area contributed by atoms with Crippen molar-refractivity contribution in [2.75, 3.05) is 29.3 Å². The summed E-state index contributed by atoms with van der Waals surface area (Å²) in [5.41, 5.74) is 3.13. The fourth-order valence-corrected chi connectivity index (χ4v) is 7.79. The van der Waals surface area contributed by atoms with Crippen molar-refractivity contribution in [1.29, 1.82) is 0 Å². The van der Waals surface area contributed by atoms with Gasteiger partial charge in [-0.05, 0) is 82.2 Å². The van der Waals surface area contributed by atoms with Crippen molar-refractivity contribution >= 4 is 33.8 Å². The summed E-state index contributed by atoms with van der Waals surface area (Å²) in [6, 6.07) is 13.0. The number of alkyl carbamates (subject to hydrolysis) is 1. The molecule has 292 valence electrons. The van der Waals surface area contributed by atoms with Crippen LogP contribution in [-0.2, 0) is 21.3 Å². The smallest absolute Gasteiger partial charge is 0.407 e. The first-order valence-electron chi connectivity index (χ1n) is 18.4. The van der Waals surface area contributed by atoms with Gasteiger partial charge in [0.2, 0.25) is 11.8 Å². The molecule has 0 saturated carbocycles. The standard InChI is InChI=1S/C40H50N8O6S/c1-25-11-9-12-26(2)35(25)32-18-34-45-37(44-32)46-55(51,52)31-14-10-13-27(17-31)36(49)48(30(24-53-34)19-39(3,4)5)23-28-20-41-22-33(43-28)47-16-15-29(47)21-42-38(50)54-40(6,7)8/h9-14,17-18,20,22,29-30H,15-16,19,21,23-24H2,1-8H3,(H,42,50)(H,44,45,46)/t29?,30-/m1/s1. The molecule has 0 radical (unpaired) electrons. The van der Waals surface area contributed by atoms with Gasteiger partial charge >= 0.3 is 6.09 Å². The Morgan fingerprint density at radius 3 is 2.38 bits per heavy atom. The average molecular weight is 771 g/mol. The molecule has 4 aromatic rings. The van der Waals surface area contributed by atoms with Crippen LogP contribution < -0.4 is 19.7 Å². The number of benzene rings is 2. The second-order valence-electron chi connectivity index (χ2n) is 16.4. The van der Waals surface area contributed by atoms with E-state index in [-0.39, 0.29) is 46.9 Å². The molecule has 0 spiro atoms. The van der Waals surface area contributed by atoms with E-state index in [1.54, 1.807) is 35.5 Å². The molecule has 2 aliphatic heterocycles. The largest absolute Gasteiger partial charge is 0.475 e. The predicted octanol–water partition coefficient (Wildman–Crippen LogP) is 6.29. The second-order valence-corrected chi connectivity index (χ2v) is 18.0. The Balaban J connectivity index is 1.36. The molecule has 2 N–H and O–H groups in total. The molecule has 15 heteroatoms. The van der Waals surface area contributed by atoms with E-state index in [4.69, 9.17) is 14.5 Å². The third-order valence-electron chi connectivity index (χ3n) is 9.35. The first kappa shape index (κ1) is 39.4. The molecule has 1 unspecified atom stereocenters. The van der Waals surface area contributed by atoms with Crippen LogP contribution in [0.15, 0.2) is 65.8 Å². The number of aromatic nitrogens is 4. The molecule has 14 nitrogen and oxygen atoms in total. The van der Waals surface area contributed by atoms with Gasteiger partial charge in [-0.15, -0.1) is 0 Å². The van der Waals surface area contributed by atoms with E-state index in [1.165, 1.54) is 12.1 Å². The third kappa shape index (κ3) is 9.68. The van der Waals surface area contributed by atoms with Crippen molar-refractivity contribution in [2.45, 2.75) is 97.4 Å². The molecule has 2 atom stereocenters. The lowest BCUT2D eigenvalue weighted by Gasteiger charge is -2.42. The molecule has 6 rings (SSSR count). The van der Waals surface area contributed by atoms with Crippen molar-refractivity contribution in [2.24, 2.45) is 5.41 Å². The van der Waals surface area contributed by atoms with Gasteiger partial charge in [0.1, 0.15) is 18.0 Å². The Morgan fingerprint density at radius 2 is 1.71 bits per heavy atom. The normalized spacial score (nSPS) is 18.4. The van der Waals surface area contributed by atoms with E-state index < -0.39 is 33.7 Å². The Kier molecular flexibility index (Phi) is 11.1. The van der Waals surface area contributed by atoms with Gasteiger partial charge in [0.15, 0.2) is 0 Å². The number of sulfonamides is 1. The van der Waals surface area contributed by atoms with Crippen molar-refractivity contribution in [3.05, 3.63) is 83.3 Å². The first-order valence-corrected chi connectivity index (χ1v) is 19.9. The van der Waals surface area contributed by atoms with Crippen molar-refractivity contribution in [3.8, 4) is 17.1 Å². The van der Waals surface area contributed by atoms with Crippen molar-refractivity contribution in [3.63, 3.8) is 0 Å². The monoisotopic (exact) mass is 770 g/mol. The quantitative estimate of drug-likeness (QED) is 0.217. The lowest BCUT2D eigenvalue weighted by Crippen LogP contribution is -2.54. The summed E-state index contributed by atoms with van der Waals surface area (Å²) < 4.78 is 41.9. The number of nitrogens with one attached hydrogen (secondary N) is 2. The van der Waals surface area contributed by atoms with Crippen molar-refractivity contribution in [1.82, 2.24) is 30.2 Å². The zero-order valence-corrected chi connectivity index (χ0v) is 33.5. The number of rotatable bonds is 7. The summed E-state index contributed by atoms with van der Waals surface area (Å²) >= 11 is 0. The third-order valence-corrected chi connectivity index (χ3v) is 10.7. The number of aryl methyl sites for hydroxylation is 2. The summed E-state index contributed by atoms with van der Waals surface area (Å²) in [6.07, 6.45) is 4.19. The fourth-order valence-electron chi connectivity index (χ4n) is 6.80. The maximum Gasteiger partial charge on any atom is 0.407 e. The van der Waals surface area contributed by atoms with E-state index in [9.17, 15) is 18.0 Å². The minimum absolute atomic E-state index is 0.00396. The van der Waals surface area contributed by atoms with E-state index >= 15 is 0 Å². The van der Waals surface area contributed by atoms with Crippen LogP contribution in [0.25, 0.3) is 11.3 Å². The highest BCUT2D eigenvalue weighted by atomic mass is 32.2. The minimum Gasteiger partial charge on any atom is -0.475 e. The van der Waals surface area contributed by atoms with E-state index in [2.05, 4.69) is 50.7 Å². The molecule has 0 aliphatic carbocycles. The lowest BCUT2D eigenvalue weighted by molar-refractivity contribution is 0.0506. The molecule has 2 aliphatic rings. The maximum atomic E-state index is 14.6. The minimum atomic E-state index is -4.22. The van der Waals surface area contributed by atoms with Gasteiger partial charge in [-0.3, -0.25) is 9.78 Å². The van der Waals surface area contributed by atoms with Crippen LogP contribution in [-0.4, -0.2) is 82.6 Å². The molecule has 2 aromatic heterocycles. The molecule has 1 fully saturated rings. The van der Waals surface area contributed by atoms with Gasteiger partial charge in [-0.1, -0.05) is 45.0 Å². The summed E-state index contributed by atoms with van der Waals surface area (Å²) in [5, 5.41) is 2.85. The predicted molar refractivity (Wildman–Crippen MR) is 209 cm³/mol. The highest BCUT2D eigenvalue weighted by Crippen LogP contribution is 2.32. The number of ether oxygens (including phenoxy) is 2. The highest BCUT2D eigenvalue weighted by molar-refractivity contribution is 7.92. The maximum absolute atomic E-state index is 14.6. The SMILES string of the molecule is Cc1cccc(C)c1-c1cc2nc(n1)NS(=O)(=O)c1cccc(c1)C(=O)N(Cc1cncc(N3CCC3CNC(=O)OC(C)(C)C)n1)[C@H](CC(C)(C)C)CO2. The zero-order chi connectivity index (χ0) is 39.7. The van der Waals surface area contributed by atoms with Crippen LogP contribution in [0, 0.1) is 19.3 Å². The number of carbonyl (C=O) groups is 2. The van der Waals surface area contributed by atoms with Gasteiger partial charge in [0.05, 0.1) is 41.3 Å².